The number of hydrogen-bond donors (Lipinski definition) is 1. The van der Waals surface area contributed by atoms with Crippen molar-refractivity contribution in [1.82, 2.24) is 5.32 Å². The van der Waals surface area contributed by atoms with E-state index >= 15 is 0 Å². The lowest BCUT2D eigenvalue weighted by molar-refractivity contribution is -0.108. The number of aldehydes is 1. The first-order valence-electron chi connectivity index (χ1n) is 5.48. The third kappa shape index (κ3) is 4.78. The summed E-state index contributed by atoms with van der Waals surface area (Å²) in [4.78, 5) is 22.4. The number of amides is 1. The topological polar surface area (TPSA) is 55.4 Å². The maximum Gasteiger partial charge on any atom is 0.408 e. The van der Waals surface area contributed by atoms with Crippen molar-refractivity contribution in [3.05, 3.63) is 20.8 Å². The molecular weight excluding hydrogens is 318 g/mol. The van der Waals surface area contributed by atoms with Gasteiger partial charge in [0.15, 0.2) is 0 Å². The molecule has 1 aromatic heterocycles. The van der Waals surface area contributed by atoms with Crippen LogP contribution in [0.25, 0.3) is 0 Å². The van der Waals surface area contributed by atoms with Crippen molar-refractivity contribution in [3.8, 4) is 0 Å². The van der Waals surface area contributed by atoms with Gasteiger partial charge < -0.3 is 14.8 Å². The van der Waals surface area contributed by atoms with Gasteiger partial charge in [-0.3, -0.25) is 0 Å². The maximum absolute atomic E-state index is 11.7. The van der Waals surface area contributed by atoms with Crippen LogP contribution in [0.15, 0.2) is 15.2 Å². The lowest BCUT2D eigenvalue weighted by atomic mass is 10.1. The van der Waals surface area contributed by atoms with Crippen molar-refractivity contribution in [3.63, 3.8) is 0 Å². The summed E-state index contributed by atoms with van der Waals surface area (Å²) in [5.74, 6) is 0. The molecule has 0 aromatic carbocycles. The van der Waals surface area contributed by atoms with E-state index in [0.717, 1.165) is 16.3 Å². The van der Waals surface area contributed by atoms with Gasteiger partial charge in [0.25, 0.3) is 0 Å². The largest absolute Gasteiger partial charge is 0.444 e. The van der Waals surface area contributed by atoms with Gasteiger partial charge in [-0.2, -0.15) is 11.3 Å². The van der Waals surface area contributed by atoms with Gasteiger partial charge in [-0.15, -0.1) is 0 Å². The minimum Gasteiger partial charge on any atom is -0.444 e. The first-order chi connectivity index (χ1) is 8.33. The highest BCUT2D eigenvalue weighted by atomic mass is 79.9. The fraction of sp³-hybridized carbons (Fsp3) is 0.500. The molecule has 1 amide bonds. The Balaban J connectivity index is 2.73. The van der Waals surface area contributed by atoms with Gasteiger partial charge in [-0.1, -0.05) is 0 Å². The Morgan fingerprint density at radius 1 is 1.56 bits per heavy atom. The van der Waals surface area contributed by atoms with Crippen LogP contribution in [0.1, 0.15) is 38.8 Å². The summed E-state index contributed by atoms with van der Waals surface area (Å²) in [6.07, 6.45) is 0.480. The van der Waals surface area contributed by atoms with E-state index in [0.29, 0.717) is 0 Å². The Kier molecular flexibility index (Phi) is 5.34. The standard InChI is InChI=1S/C12H16BrNO3S/c1-12(2,3)17-11(16)14-10(4-5-15)8-6-18-7-9(8)13/h5-7,10H,4H2,1-3H3,(H,14,16)/t10-/m0/s1. The maximum atomic E-state index is 11.7. The Morgan fingerprint density at radius 2 is 2.22 bits per heavy atom. The van der Waals surface area contributed by atoms with Crippen molar-refractivity contribution >= 4 is 39.6 Å². The molecule has 0 saturated heterocycles. The summed E-state index contributed by atoms with van der Waals surface area (Å²) < 4.78 is 6.06. The predicted octanol–water partition coefficient (Wildman–Crippen LogP) is 3.67. The van der Waals surface area contributed by atoms with Crippen molar-refractivity contribution in [2.24, 2.45) is 0 Å². The van der Waals surface area contributed by atoms with Gasteiger partial charge in [-0.25, -0.2) is 4.79 Å². The second-order valence-corrected chi connectivity index (χ2v) is 6.37. The molecule has 0 fully saturated rings. The lowest BCUT2D eigenvalue weighted by Crippen LogP contribution is -2.35. The SMILES string of the molecule is CC(C)(C)OC(=O)N[C@@H](CC=O)c1cscc1Br. The molecular formula is C12H16BrNO3S. The quantitative estimate of drug-likeness (QED) is 0.855. The molecule has 0 bridgehead atoms. The van der Waals surface area contributed by atoms with Crippen LogP contribution >= 0.6 is 27.3 Å². The van der Waals surface area contributed by atoms with Gasteiger partial charge in [-0.05, 0) is 47.6 Å². The highest BCUT2D eigenvalue weighted by Gasteiger charge is 2.21. The molecule has 0 saturated carbocycles. The van der Waals surface area contributed by atoms with E-state index in [1.807, 2.05) is 10.8 Å². The summed E-state index contributed by atoms with van der Waals surface area (Å²) in [5.41, 5.74) is 0.333. The summed E-state index contributed by atoms with van der Waals surface area (Å²) >= 11 is 4.90. The fourth-order valence-corrected chi connectivity index (χ4v) is 2.98. The summed E-state index contributed by atoms with van der Waals surface area (Å²) in [6, 6.07) is -0.363. The van der Waals surface area contributed by atoms with E-state index in [4.69, 9.17) is 4.74 Å². The highest BCUT2D eigenvalue weighted by molar-refractivity contribution is 9.10. The fourth-order valence-electron chi connectivity index (χ4n) is 1.35. The van der Waals surface area contributed by atoms with Crippen molar-refractivity contribution in [2.45, 2.75) is 38.8 Å². The average Bonchev–Trinajstić information content (AvgIpc) is 2.60. The van der Waals surface area contributed by atoms with Crippen molar-refractivity contribution < 1.29 is 14.3 Å². The Bertz CT molecular complexity index is 425. The monoisotopic (exact) mass is 333 g/mol. The zero-order chi connectivity index (χ0) is 13.8. The molecule has 1 atom stereocenters. The van der Waals surface area contributed by atoms with Crippen LogP contribution < -0.4 is 5.32 Å². The van der Waals surface area contributed by atoms with Gasteiger partial charge in [0.05, 0.1) is 6.04 Å². The number of ether oxygens (including phenoxy) is 1. The molecule has 100 valence electrons. The summed E-state index contributed by atoms with van der Waals surface area (Å²) in [6.45, 7) is 5.38. The molecule has 4 nitrogen and oxygen atoms in total. The van der Waals surface area contributed by atoms with Gasteiger partial charge in [0, 0.05) is 16.3 Å². The highest BCUT2D eigenvalue weighted by Crippen LogP contribution is 2.29. The first kappa shape index (κ1) is 15.2. The molecule has 0 unspecified atom stereocenters. The Hall–Kier alpha value is -0.880. The number of alkyl carbamates (subject to hydrolysis) is 1. The van der Waals surface area contributed by atoms with Crippen LogP contribution in [-0.4, -0.2) is 18.0 Å². The van der Waals surface area contributed by atoms with E-state index in [2.05, 4.69) is 21.2 Å². The first-order valence-corrected chi connectivity index (χ1v) is 7.22. The van der Waals surface area contributed by atoms with Gasteiger partial charge in [0.1, 0.15) is 11.9 Å². The molecule has 6 heteroatoms. The van der Waals surface area contributed by atoms with E-state index in [1.165, 1.54) is 11.3 Å². The molecule has 1 heterocycles. The summed E-state index contributed by atoms with van der Waals surface area (Å²) in [5, 5.41) is 6.51. The number of rotatable bonds is 4. The zero-order valence-electron chi connectivity index (χ0n) is 10.5. The molecule has 1 aromatic rings. The molecule has 1 rings (SSSR count). The van der Waals surface area contributed by atoms with Crippen LogP contribution in [-0.2, 0) is 9.53 Å². The molecule has 0 aliphatic carbocycles. The third-order valence-electron chi connectivity index (χ3n) is 2.04. The number of nitrogens with one attached hydrogen (secondary N) is 1. The minimum absolute atomic E-state index is 0.217. The number of carbonyl (C=O) groups excluding carboxylic acids is 2. The van der Waals surface area contributed by atoms with Crippen LogP contribution in [0.3, 0.4) is 0 Å². The second kappa shape index (κ2) is 6.33. The van der Waals surface area contributed by atoms with Crippen molar-refractivity contribution in [1.29, 1.82) is 0 Å². The van der Waals surface area contributed by atoms with Crippen LogP contribution in [0.2, 0.25) is 0 Å². The van der Waals surface area contributed by atoms with Crippen LogP contribution in [0.5, 0.6) is 0 Å². The van der Waals surface area contributed by atoms with Gasteiger partial charge >= 0.3 is 6.09 Å². The molecule has 0 aliphatic rings. The average molecular weight is 334 g/mol. The molecule has 18 heavy (non-hydrogen) atoms. The minimum atomic E-state index is -0.554. The Morgan fingerprint density at radius 3 is 2.67 bits per heavy atom. The van der Waals surface area contributed by atoms with Crippen LogP contribution in [0, 0.1) is 0 Å². The van der Waals surface area contributed by atoms with Gasteiger partial charge in [0.2, 0.25) is 0 Å². The van der Waals surface area contributed by atoms with Crippen LogP contribution in [0.4, 0.5) is 4.79 Å². The second-order valence-electron chi connectivity index (χ2n) is 4.78. The number of carbonyl (C=O) groups is 2. The van der Waals surface area contributed by atoms with E-state index < -0.39 is 11.7 Å². The number of hydrogen-bond acceptors (Lipinski definition) is 4. The number of halogens is 1. The predicted molar refractivity (Wildman–Crippen MR) is 74.8 cm³/mol. The summed E-state index contributed by atoms with van der Waals surface area (Å²) in [7, 11) is 0. The van der Waals surface area contributed by atoms with E-state index in [9.17, 15) is 9.59 Å². The smallest absolute Gasteiger partial charge is 0.408 e. The number of thiophene rings is 1. The van der Waals surface area contributed by atoms with Crippen molar-refractivity contribution in [2.75, 3.05) is 0 Å². The molecule has 0 aliphatic heterocycles. The third-order valence-corrected chi connectivity index (χ3v) is 3.79. The molecule has 0 radical (unpaired) electrons. The molecule has 1 N–H and O–H groups in total. The van der Waals surface area contributed by atoms with E-state index in [-0.39, 0.29) is 12.5 Å². The normalized spacial score (nSPS) is 12.9. The van der Waals surface area contributed by atoms with E-state index in [1.54, 1.807) is 20.8 Å². The lowest BCUT2D eigenvalue weighted by Gasteiger charge is -2.22. The molecule has 0 spiro atoms. The zero-order valence-corrected chi connectivity index (χ0v) is 12.9. The Labute approximate surface area is 119 Å².